The number of hydrogen-bond donors (Lipinski definition) is 1. The van der Waals surface area contributed by atoms with Crippen molar-refractivity contribution in [2.24, 2.45) is 0 Å². The molecule has 0 atom stereocenters. The average molecular weight is 246 g/mol. The molecule has 0 amide bonds. The van der Waals surface area contributed by atoms with Crippen molar-refractivity contribution in [3.8, 4) is 5.75 Å². The minimum absolute atomic E-state index is 0. The summed E-state index contributed by atoms with van der Waals surface area (Å²) in [5.41, 5.74) is 0.802. The Balaban J connectivity index is 0.00000128. The maximum absolute atomic E-state index is 13.6. The normalized spacial score (nSPS) is 16.6. The highest BCUT2D eigenvalue weighted by atomic mass is 35.5. The topological polar surface area (TPSA) is 21.3 Å². The van der Waals surface area contributed by atoms with E-state index >= 15 is 0 Å². The first kappa shape index (κ1) is 13.3. The first-order valence-electron chi connectivity index (χ1n) is 5.35. The molecule has 1 aliphatic rings. The third kappa shape index (κ3) is 2.86. The quantitative estimate of drug-likeness (QED) is 0.865. The van der Waals surface area contributed by atoms with Gasteiger partial charge in [0, 0.05) is 0 Å². The first-order chi connectivity index (χ1) is 7.31. The Bertz CT molecular complexity index is 340. The molecule has 1 N–H and O–H groups in total. The summed E-state index contributed by atoms with van der Waals surface area (Å²) >= 11 is 0. The van der Waals surface area contributed by atoms with Crippen molar-refractivity contribution < 1.29 is 9.13 Å². The SMILES string of the molecule is COc1ccc(F)c(C2CCNCC2)c1.Cl. The molecule has 1 saturated heterocycles. The van der Waals surface area contributed by atoms with E-state index < -0.39 is 0 Å². The van der Waals surface area contributed by atoms with Crippen molar-refractivity contribution in [1.29, 1.82) is 0 Å². The molecule has 0 bridgehead atoms. The van der Waals surface area contributed by atoms with Crippen LogP contribution < -0.4 is 10.1 Å². The molecule has 1 aromatic carbocycles. The summed E-state index contributed by atoms with van der Waals surface area (Å²) in [6, 6.07) is 4.99. The molecule has 90 valence electrons. The minimum Gasteiger partial charge on any atom is -0.497 e. The predicted octanol–water partition coefficient (Wildman–Crippen LogP) is 2.72. The second-order valence-corrected chi connectivity index (χ2v) is 3.91. The van der Waals surface area contributed by atoms with Crippen molar-refractivity contribution in [1.82, 2.24) is 5.32 Å². The van der Waals surface area contributed by atoms with E-state index in [-0.39, 0.29) is 18.2 Å². The van der Waals surface area contributed by atoms with E-state index in [2.05, 4.69) is 5.32 Å². The van der Waals surface area contributed by atoms with E-state index in [9.17, 15) is 4.39 Å². The number of benzene rings is 1. The number of methoxy groups -OCH3 is 1. The molecule has 0 aliphatic carbocycles. The molecule has 16 heavy (non-hydrogen) atoms. The van der Waals surface area contributed by atoms with E-state index in [0.717, 1.165) is 37.2 Å². The Hall–Kier alpha value is -0.800. The molecule has 1 aliphatic heterocycles. The smallest absolute Gasteiger partial charge is 0.126 e. The third-order valence-corrected chi connectivity index (χ3v) is 2.98. The molecule has 0 aromatic heterocycles. The van der Waals surface area contributed by atoms with E-state index in [1.54, 1.807) is 13.2 Å². The van der Waals surface area contributed by atoms with Gasteiger partial charge in [-0.15, -0.1) is 12.4 Å². The zero-order valence-corrected chi connectivity index (χ0v) is 10.1. The summed E-state index contributed by atoms with van der Waals surface area (Å²) < 4.78 is 18.7. The lowest BCUT2D eigenvalue weighted by Gasteiger charge is -2.23. The summed E-state index contributed by atoms with van der Waals surface area (Å²) in [5, 5.41) is 3.28. The van der Waals surface area contributed by atoms with Crippen LogP contribution in [0.15, 0.2) is 18.2 Å². The highest BCUT2D eigenvalue weighted by Gasteiger charge is 2.18. The highest BCUT2D eigenvalue weighted by Crippen LogP contribution is 2.29. The van der Waals surface area contributed by atoms with Crippen molar-refractivity contribution in [3.63, 3.8) is 0 Å². The summed E-state index contributed by atoms with van der Waals surface area (Å²) in [5.74, 6) is 0.967. The van der Waals surface area contributed by atoms with Gasteiger partial charge >= 0.3 is 0 Å². The standard InChI is InChI=1S/C12H16FNO.ClH/c1-15-10-2-3-12(13)11(8-10)9-4-6-14-7-5-9;/h2-3,8-9,14H,4-7H2,1H3;1H. The second-order valence-electron chi connectivity index (χ2n) is 3.91. The van der Waals surface area contributed by atoms with Gasteiger partial charge in [-0.3, -0.25) is 0 Å². The number of rotatable bonds is 2. The number of hydrogen-bond acceptors (Lipinski definition) is 2. The van der Waals surface area contributed by atoms with Gasteiger partial charge in [0.1, 0.15) is 11.6 Å². The molecule has 1 fully saturated rings. The van der Waals surface area contributed by atoms with Gasteiger partial charge in [0.15, 0.2) is 0 Å². The lowest BCUT2D eigenvalue weighted by molar-refractivity contribution is 0.407. The third-order valence-electron chi connectivity index (χ3n) is 2.98. The van der Waals surface area contributed by atoms with Crippen molar-refractivity contribution in [2.45, 2.75) is 18.8 Å². The Labute approximate surface area is 102 Å². The summed E-state index contributed by atoms with van der Waals surface area (Å²) in [4.78, 5) is 0. The van der Waals surface area contributed by atoms with Gasteiger partial charge in [0.2, 0.25) is 0 Å². The van der Waals surface area contributed by atoms with Crippen molar-refractivity contribution in [3.05, 3.63) is 29.6 Å². The largest absolute Gasteiger partial charge is 0.497 e. The molecule has 2 rings (SSSR count). The Kier molecular flexibility index (Phi) is 5.03. The molecule has 1 aromatic rings. The molecule has 0 unspecified atom stereocenters. The highest BCUT2D eigenvalue weighted by molar-refractivity contribution is 5.85. The van der Waals surface area contributed by atoms with Gasteiger partial charge in [-0.25, -0.2) is 4.39 Å². The summed E-state index contributed by atoms with van der Waals surface area (Å²) in [7, 11) is 1.61. The van der Waals surface area contributed by atoms with E-state index in [1.807, 2.05) is 6.07 Å². The number of ether oxygens (including phenoxy) is 1. The molecular formula is C12H17ClFNO. The summed E-state index contributed by atoms with van der Waals surface area (Å²) in [6.45, 7) is 1.95. The van der Waals surface area contributed by atoms with Gasteiger partial charge in [0.05, 0.1) is 7.11 Å². The van der Waals surface area contributed by atoms with E-state index in [0.29, 0.717) is 5.92 Å². The van der Waals surface area contributed by atoms with Gasteiger partial charge < -0.3 is 10.1 Å². The van der Waals surface area contributed by atoms with Crippen molar-refractivity contribution >= 4 is 12.4 Å². The fourth-order valence-corrected chi connectivity index (χ4v) is 2.09. The Morgan fingerprint density at radius 1 is 1.31 bits per heavy atom. The van der Waals surface area contributed by atoms with Crippen LogP contribution in [0, 0.1) is 5.82 Å². The molecule has 1 heterocycles. The van der Waals surface area contributed by atoms with Gasteiger partial charge in [-0.2, -0.15) is 0 Å². The number of piperidine rings is 1. The van der Waals surface area contributed by atoms with Crippen molar-refractivity contribution in [2.75, 3.05) is 20.2 Å². The Morgan fingerprint density at radius 2 is 2.00 bits per heavy atom. The van der Waals surface area contributed by atoms with Crippen LogP contribution in [0.5, 0.6) is 5.75 Å². The van der Waals surface area contributed by atoms with E-state index in [1.165, 1.54) is 6.07 Å². The van der Waals surface area contributed by atoms with Crippen LogP contribution in [-0.2, 0) is 0 Å². The molecule has 2 nitrogen and oxygen atoms in total. The molecule has 4 heteroatoms. The second kappa shape index (κ2) is 6.06. The van der Waals surface area contributed by atoms with Gasteiger partial charge in [0.25, 0.3) is 0 Å². The predicted molar refractivity (Wildman–Crippen MR) is 65.0 cm³/mol. The van der Waals surface area contributed by atoms with Crippen LogP contribution in [0.3, 0.4) is 0 Å². The van der Waals surface area contributed by atoms with Crippen LogP contribution in [0.1, 0.15) is 24.3 Å². The van der Waals surface area contributed by atoms with Gasteiger partial charge in [-0.1, -0.05) is 0 Å². The molecule has 0 spiro atoms. The monoisotopic (exact) mass is 245 g/mol. The zero-order valence-electron chi connectivity index (χ0n) is 9.33. The number of halogens is 2. The van der Waals surface area contributed by atoms with Crippen LogP contribution in [-0.4, -0.2) is 20.2 Å². The maximum Gasteiger partial charge on any atom is 0.126 e. The zero-order chi connectivity index (χ0) is 10.7. The van der Waals surface area contributed by atoms with Crippen LogP contribution in [0.4, 0.5) is 4.39 Å². The number of nitrogens with one attached hydrogen (secondary N) is 1. The first-order valence-corrected chi connectivity index (χ1v) is 5.35. The molecule has 0 saturated carbocycles. The Morgan fingerprint density at radius 3 is 2.62 bits per heavy atom. The van der Waals surface area contributed by atoms with Gasteiger partial charge in [-0.05, 0) is 55.6 Å². The minimum atomic E-state index is -0.109. The lowest BCUT2D eigenvalue weighted by atomic mass is 9.90. The lowest BCUT2D eigenvalue weighted by Crippen LogP contribution is -2.27. The summed E-state index contributed by atoms with van der Waals surface area (Å²) in [6.07, 6.45) is 2.01. The fourth-order valence-electron chi connectivity index (χ4n) is 2.09. The van der Waals surface area contributed by atoms with Crippen LogP contribution in [0.25, 0.3) is 0 Å². The molecular weight excluding hydrogens is 229 g/mol. The van der Waals surface area contributed by atoms with Crippen LogP contribution >= 0.6 is 12.4 Å². The van der Waals surface area contributed by atoms with Crippen LogP contribution in [0.2, 0.25) is 0 Å². The van der Waals surface area contributed by atoms with E-state index in [4.69, 9.17) is 4.74 Å². The fraction of sp³-hybridized carbons (Fsp3) is 0.500. The average Bonchev–Trinajstić information content (AvgIpc) is 2.31. The molecule has 0 radical (unpaired) electrons. The maximum atomic E-state index is 13.6.